The predicted molar refractivity (Wildman–Crippen MR) is 154 cm³/mol. The van der Waals surface area contributed by atoms with E-state index in [-0.39, 0.29) is 62.8 Å². The number of rotatable bonds is 8. The molecule has 6 rings (SSSR count). The number of nitrogens with one attached hydrogen (secondary N) is 2. The van der Waals surface area contributed by atoms with Gasteiger partial charge in [0.15, 0.2) is 18.2 Å². The van der Waals surface area contributed by atoms with Gasteiger partial charge < -0.3 is 24.5 Å². The minimum atomic E-state index is -3.47. The lowest BCUT2D eigenvalue weighted by Crippen LogP contribution is -2.51. The standard InChI is InChI=1S/C31H24F5N3O5S/c1-30(19-5-3-4-15(6-9-22(40)41)26(19)43-14-31(30,35)36)21-13-38-29(39-21)18-12-16(7-8-20(18)32)44-27-24(34)23(33)25-17(10-11-37-25)28(27)45(2)42/h3-5,7-8,10-13,37H,6,9,14H2,1-2H3,(H,38,39)(H,40,41). The second-order valence-corrected chi connectivity index (χ2v) is 12.0. The van der Waals surface area contributed by atoms with Crippen LogP contribution in [0, 0.1) is 17.5 Å². The quantitative estimate of drug-likeness (QED) is 0.159. The zero-order valence-electron chi connectivity index (χ0n) is 23.6. The van der Waals surface area contributed by atoms with E-state index in [0.29, 0.717) is 5.56 Å². The first-order valence-corrected chi connectivity index (χ1v) is 15.1. The van der Waals surface area contributed by atoms with Crippen molar-refractivity contribution in [3.8, 4) is 28.6 Å². The number of carbonyl (C=O) groups is 1. The highest BCUT2D eigenvalue weighted by Gasteiger charge is 2.58. The van der Waals surface area contributed by atoms with E-state index in [1.54, 1.807) is 6.07 Å². The van der Waals surface area contributed by atoms with Gasteiger partial charge in [-0.25, -0.2) is 22.5 Å². The summed E-state index contributed by atoms with van der Waals surface area (Å²) < 4.78 is 100.0. The van der Waals surface area contributed by atoms with Gasteiger partial charge in [0.25, 0.3) is 5.92 Å². The Kier molecular flexibility index (Phi) is 7.42. The third-order valence-corrected chi connectivity index (χ3v) is 8.98. The van der Waals surface area contributed by atoms with Crippen molar-refractivity contribution >= 4 is 27.7 Å². The van der Waals surface area contributed by atoms with Crippen molar-refractivity contribution in [3.63, 3.8) is 0 Å². The molecule has 0 bridgehead atoms. The molecule has 0 spiro atoms. The number of aromatic amines is 2. The number of hydrogen-bond acceptors (Lipinski definition) is 5. The van der Waals surface area contributed by atoms with Crippen LogP contribution in [0.1, 0.15) is 30.2 Å². The Hall–Kier alpha value is -4.72. The first-order valence-electron chi connectivity index (χ1n) is 13.5. The van der Waals surface area contributed by atoms with Gasteiger partial charge in [-0.2, -0.15) is 4.39 Å². The molecule has 8 nitrogen and oxygen atoms in total. The van der Waals surface area contributed by atoms with E-state index in [9.17, 15) is 13.4 Å². The summed E-state index contributed by atoms with van der Waals surface area (Å²) in [5.41, 5.74) is -2.00. The van der Waals surface area contributed by atoms with E-state index in [2.05, 4.69) is 15.0 Å². The highest BCUT2D eigenvalue weighted by atomic mass is 32.2. The van der Waals surface area contributed by atoms with E-state index in [1.165, 1.54) is 37.6 Å². The molecular formula is C31H24F5N3O5S. The number of ether oxygens (including phenoxy) is 2. The summed E-state index contributed by atoms with van der Waals surface area (Å²) in [5.74, 6) is -8.84. The minimum Gasteiger partial charge on any atom is -0.487 e. The van der Waals surface area contributed by atoms with Crippen molar-refractivity contribution in [1.82, 2.24) is 15.0 Å². The van der Waals surface area contributed by atoms with E-state index >= 15 is 17.6 Å². The lowest BCUT2D eigenvalue weighted by molar-refractivity contribution is -0.137. The SMILES string of the molecule is CS(=O)c1c(Oc2ccc(F)c(-c3ncc(C4(C)c5cccc(CCC(=O)O)c5OCC4(F)F)[nH]3)c2)c(F)c(F)c2[nH]ccc12. The van der Waals surface area contributed by atoms with Crippen molar-refractivity contribution < 1.29 is 45.5 Å². The molecule has 0 amide bonds. The number of nitrogens with zero attached hydrogens (tertiary/aromatic N) is 1. The van der Waals surface area contributed by atoms with E-state index in [0.717, 1.165) is 24.4 Å². The first kappa shape index (κ1) is 30.3. The molecule has 3 heterocycles. The van der Waals surface area contributed by atoms with Crippen LogP contribution in [0.15, 0.2) is 59.8 Å². The fourth-order valence-electron chi connectivity index (χ4n) is 5.56. The zero-order valence-corrected chi connectivity index (χ0v) is 24.5. The molecular weight excluding hydrogens is 621 g/mol. The summed E-state index contributed by atoms with van der Waals surface area (Å²) in [4.78, 5) is 20.5. The molecule has 3 N–H and O–H groups in total. The molecule has 0 radical (unpaired) electrons. The summed E-state index contributed by atoms with van der Waals surface area (Å²) in [7, 11) is -1.82. The van der Waals surface area contributed by atoms with Crippen molar-refractivity contribution in [1.29, 1.82) is 0 Å². The number of halogens is 5. The van der Waals surface area contributed by atoms with Crippen LogP contribution >= 0.6 is 0 Å². The number of para-hydroxylation sites is 1. The number of aliphatic carboxylic acids is 1. The van der Waals surface area contributed by atoms with Gasteiger partial charge in [-0.1, -0.05) is 18.2 Å². The Morgan fingerprint density at radius 1 is 1.16 bits per heavy atom. The highest BCUT2D eigenvalue weighted by molar-refractivity contribution is 7.84. The third-order valence-electron chi connectivity index (χ3n) is 8.00. The van der Waals surface area contributed by atoms with Gasteiger partial charge in [-0.3, -0.25) is 9.00 Å². The molecule has 234 valence electrons. The van der Waals surface area contributed by atoms with Crippen molar-refractivity contribution in [2.45, 2.75) is 36.0 Å². The fraction of sp³-hybridized carbons (Fsp3) is 0.226. The smallest absolute Gasteiger partial charge is 0.303 e. The number of benzene rings is 3. The van der Waals surface area contributed by atoms with Gasteiger partial charge in [-0.05, 0) is 43.2 Å². The second kappa shape index (κ2) is 11.0. The number of aryl methyl sites for hydroxylation is 1. The van der Waals surface area contributed by atoms with Crippen LogP contribution in [0.4, 0.5) is 22.0 Å². The number of H-pyrrole nitrogens is 2. The zero-order chi connectivity index (χ0) is 32.3. The van der Waals surface area contributed by atoms with Gasteiger partial charge in [-0.15, -0.1) is 0 Å². The number of fused-ring (bicyclic) bond motifs is 2. The van der Waals surface area contributed by atoms with Crippen LogP contribution in [0.2, 0.25) is 0 Å². The highest BCUT2D eigenvalue weighted by Crippen LogP contribution is 2.52. The molecule has 0 saturated carbocycles. The summed E-state index contributed by atoms with van der Waals surface area (Å²) in [6, 6.07) is 9.25. The van der Waals surface area contributed by atoms with E-state index in [4.69, 9.17) is 14.6 Å². The van der Waals surface area contributed by atoms with Crippen LogP contribution in [0.3, 0.4) is 0 Å². The maximum absolute atomic E-state index is 15.7. The van der Waals surface area contributed by atoms with Gasteiger partial charge >= 0.3 is 5.97 Å². The van der Waals surface area contributed by atoms with E-state index < -0.39 is 57.9 Å². The molecule has 5 aromatic rings. The van der Waals surface area contributed by atoms with Crippen molar-refractivity contribution in [2.75, 3.05) is 12.9 Å². The molecule has 1 aliphatic rings. The number of carboxylic acids is 1. The largest absolute Gasteiger partial charge is 0.487 e. The number of hydrogen-bond donors (Lipinski definition) is 3. The molecule has 2 aromatic heterocycles. The Morgan fingerprint density at radius 2 is 1.93 bits per heavy atom. The second-order valence-electron chi connectivity index (χ2n) is 10.7. The average Bonchev–Trinajstić information content (AvgIpc) is 3.68. The van der Waals surface area contributed by atoms with Crippen LogP contribution in [-0.2, 0) is 27.4 Å². The Bertz CT molecular complexity index is 2010. The monoisotopic (exact) mass is 645 g/mol. The predicted octanol–water partition coefficient (Wildman–Crippen LogP) is 6.86. The molecule has 2 unspecified atom stereocenters. The lowest BCUT2D eigenvalue weighted by atomic mass is 9.72. The maximum Gasteiger partial charge on any atom is 0.303 e. The number of alkyl halides is 2. The molecule has 0 fully saturated rings. The van der Waals surface area contributed by atoms with Crippen LogP contribution < -0.4 is 9.47 Å². The Labute approximate surface area is 254 Å². The summed E-state index contributed by atoms with van der Waals surface area (Å²) in [5, 5.41) is 9.25. The van der Waals surface area contributed by atoms with Crippen molar-refractivity contribution in [3.05, 3.63) is 89.1 Å². The molecule has 3 aromatic carbocycles. The normalized spacial score (nSPS) is 17.9. The van der Waals surface area contributed by atoms with Crippen LogP contribution in [-0.4, -0.2) is 49.0 Å². The Balaban J connectivity index is 1.40. The average molecular weight is 646 g/mol. The minimum absolute atomic E-state index is 0.0568. The Morgan fingerprint density at radius 3 is 2.67 bits per heavy atom. The molecule has 2 atom stereocenters. The third kappa shape index (κ3) is 4.93. The molecule has 45 heavy (non-hydrogen) atoms. The summed E-state index contributed by atoms with van der Waals surface area (Å²) in [6.07, 6.45) is 3.59. The molecule has 0 aliphatic carbocycles. The van der Waals surface area contributed by atoms with Gasteiger partial charge in [0.1, 0.15) is 28.6 Å². The topological polar surface area (TPSA) is 117 Å². The summed E-state index contributed by atoms with van der Waals surface area (Å²) in [6.45, 7) is 0.282. The van der Waals surface area contributed by atoms with Crippen LogP contribution in [0.25, 0.3) is 22.3 Å². The fourth-order valence-corrected chi connectivity index (χ4v) is 6.43. The summed E-state index contributed by atoms with van der Waals surface area (Å²) >= 11 is 0. The van der Waals surface area contributed by atoms with Crippen LogP contribution in [0.5, 0.6) is 17.2 Å². The first-order chi connectivity index (χ1) is 21.3. The lowest BCUT2D eigenvalue weighted by Gasteiger charge is -2.42. The number of carboxylic acid groups (broad SMARTS) is 1. The van der Waals surface area contributed by atoms with Gasteiger partial charge in [0, 0.05) is 36.0 Å². The van der Waals surface area contributed by atoms with Crippen molar-refractivity contribution in [2.24, 2.45) is 0 Å². The molecule has 14 heteroatoms. The maximum atomic E-state index is 15.7. The number of aromatic nitrogens is 3. The number of imidazole rings is 1. The molecule has 0 saturated heterocycles. The van der Waals surface area contributed by atoms with Gasteiger partial charge in [0.05, 0.1) is 32.5 Å². The van der Waals surface area contributed by atoms with Gasteiger partial charge in [0.2, 0.25) is 5.82 Å². The van der Waals surface area contributed by atoms with E-state index in [1.807, 2.05) is 0 Å². The molecule has 1 aliphatic heterocycles.